The van der Waals surface area contributed by atoms with Crippen molar-refractivity contribution in [3.63, 3.8) is 0 Å². The van der Waals surface area contributed by atoms with Crippen LogP contribution in [0.3, 0.4) is 0 Å². The van der Waals surface area contributed by atoms with Gasteiger partial charge in [-0.1, -0.05) is 66.8 Å². The van der Waals surface area contributed by atoms with Crippen LogP contribution in [0.5, 0.6) is 0 Å². The molecule has 0 saturated heterocycles. The number of rotatable bonds is 5. The van der Waals surface area contributed by atoms with E-state index in [4.69, 9.17) is 11.5 Å². The lowest BCUT2D eigenvalue weighted by Gasteiger charge is -2.09. The fourth-order valence-electron chi connectivity index (χ4n) is 1.76. The lowest BCUT2D eigenvalue weighted by molar-refractivity contribution is 1.14. The minimum Gasteiger partial charge on any atom is -0.378 e. The molecule has 0 radical (unpaired) electrons. The molecule has 4 nitrogen and oxygen atoms in total. The summed E-state index contributed by atoms with van der Waals surface area (Å²) in [6.07, 6.45) is 0. The molecular weight excluding hydrogens is 484 g/mol. The van der Waals surface area contributed by atoms with Gasteiger partial charge in [-0.05, 0) is 24.3 Å². The van der Waals surface area contributed by atoms with Crippen molar-refractivity contribution in [2.45, 2.75) is 12.2 Å². The van der Waals surface area contributed by atoms with Gasteiger partial charge in [0.05, 0.1) is 11.4 Å². The van der Waals surface area contributed by atoms with Crippen molar-refractivity contribution in [2.75, 3.05) is 5.75 Å². The molecule has 0 heterocycles. The van der Waals surface area contributed by atoms with Crippen molar-refractivity contribution in [1.29, 1.82) is 0 Å². The molecule has 0 bridgehead atoms. The van der Waals surface area contributed by atoms with Crippen LogP contribution in [0.15, 0.2) is 70.6 Å². The maximum absolute atomic E-state index is 5.98. The molecule has 0 fully saturated rings. The van der Waals surface area contributed by atoms with Crippen LogP contribution in [0.2, 0.25) is 0 Å². The van der Waals surface area contributed by atoms with Crippen LogP contribution in [0, 0.1) is 0 Å². The number of nitrogens with zero attached hydrogens (tertiary/aromatic N) is 2. The second-order valence-electron chi connectivity index (χ2n) is 4.81. The highest BCUT2D eigenvalue weighted by molar-refractivity contribution is 8.93. The molecule has 25 heavy (non-hydrogen) atoms. The van der Waals surface area contributed by atoms with Crippen LogP contribution in [0.25, 0.3) is 0 Å². The van der Waals surface area contributed by atoms with Crippen LogP contribution in [-0.2, 0) is 0 Å². The number of nitrogens with two attached hydrogens (primary N) is 2. The van der Waals surface area contributed by atoms with Crippen LogP contribution in [0.4, 0.5) is 11.4 Å². The molecular formula is C17H22Br2N4S2. The highest BCUT2D eigenvalue weighted by atomic mass is 79.9. The number of para-hydroxylation sites is 2. The number of hydrogen-bond donors (Lipinski definition) is 2. The highest BCUT2D eigenvalue weighted by Gasteiger charge is 2.07. The molecule has 1 unspecified atom stereocenters. The largest absolute Gasteiger partial charge is 0.378 e. The molecule has 0 saturated carbocycles. The van der Waals surface area contributed by atoms with Gasteiger partial charge in [-0.15, -0.1) is 34.0 Å². The number of hydrogen-bond acceptors (Lipinski definition) is 4. The molecule has 0 aliphatic carbocycles. The first-order valence-corrected chi connectivity index (χ1v) is 9.08. The summed E-state index contributed by atoms with van der Waals surface area (Å²) in [5, 5.41) is 1.40. The summed E-state index contributed by atoms with van der Waals surface area (Å²) >= 11 is 3.06. The Kier molecular flexibility index (Phi) is 12.8. The third-order valence-electron chi connectivity index (χ3n) is 2.78. The fraction of sp³-hybridized carbons (Fsp3) is 0.176. The Hall–Kier alpha value is -0.960. The average Bonchev–Trinajstić information content (AvgIpc) is 2.55. The first kappa shape index (κ1) is 24.0. The van der Waals surface area contributed by atoms with E-state index in [-0.39, 0.29) is 39.2 Å². The highest BCUT2D eigenvalue weighted by Crippen LogP contribution is 2.20. The predicted molar refractivity (Wildman–Crippen MR) is 126 cm³/mol. The van der Waals surface area contributed by atoms with E-state index < -0.39 is 0 Å². The minimum absolute atomic E-state index is 0. The predicted octanol–water partition coefficient (Wildman–Crippen LogP) is 5.29. The molecule has 4 N–H and O–H groups in total. The summed E-state index contributed by atoms with van der Waals surface area (Å²) in [4.78, 5) is 8.75. The molecule has 0 amide bonds. The summed E-state index contributed by atoms with van der Waals surface area (Å²) < 4.78 is 0. The third kappa shape index (κ3) is 9.94. The number of amidine groups is 2. The Balaban J connectivity index is 0.00000288. The fourth-order valence-corrected chi connectivity index (χ4v) is 3.38. The van der Waals surface area contributed by atoms with Gasteiger partial charge in [-0.2, -0.15) is 0 Å². The number of benzene rings is 2. The van der Waals surface area contributed by atoms with E-state index in [1.165, 1.54) is 23.5 Å². The zero-order valence-electron chi connectivity index (χ0n) is 13.7. The SMILES string of the molecule is Br.Br.CC(CSC(N)=Nc1ccccc1)SC(N)=Nc1ccccc1. The van der Waals surface area contributed by atoms with Crippen molar-refractivity contribution < 1.29 is 0 Å². The standard InChI is InChI=1S/C17H20N4S2.2BrH/c1-13(23-17(19)21-15-10-6-3-7-11-15)12-22-16(18)20-14-8-4-2-5-9-14;;/h2-11,13H,12H2,1H3,(H2,18,20)(H2,19,21);2*1H. The van der Waals surface area contributed by atoms with Gasteiger partial charge in [0.25, 0.3) is 0 Å². The van der Waals surface area contributed by atoms with Crippen molar-refractivity contribution in [3.05, 3.63) is 60.7 Å². The van der Waals surface area contributed by atoms with E-state index in [0.717, 1.165) is 17.1 Å². The van der Waals surface area contributed by atoms with Crippen LogP contribution in [-0.4, -0.2) is 21.3 Å². The van der Waals surface area contributed by atoms with Crippen molar-refractivity contribution in [2.24, 2.45) is 21.5 Å². The van der Waals surface area contributed by atoms with Gasteiger partial charge in [0.1, 0.15) is 0 Å². The Morgan fingerprint density at radius 2 is 1.28 bits per heavy atom. The lowest BCUT2D eigenvalue weighted by atomic mass is 10.3. The van der Waals surface area contributed by atoms with Crippen LogP contribution in [0.1, 0.15) is 6.92 Å². The van der Waals surface area contributed by atoms with E-state index >= 15 is 0 Å². The first-order valence-electron chi connectivity index (χ1n) is 7.21. The van der Waals surface area contributed by atoms with Gasteiger partial charge in [-0.25, -0.2) is 9.98 Å². The van der Waals surface area contributed by atoms with E-state index in [9.17, 15) is 0 Å². The second kappa shape index (κ2) is 13.3. The summed E-state index contributed by atoms with van der Waals surface area (Å²) in [7, 11) is 0. The lowest BCUT2D eigenvalue weighted by Crippen LogP contribution is -2.15. The third-order valence-corrected chi connectivity index (χ3v) is 4.95. The molecule has 0 aliphatic heterocycles. The molecule has 2 aromatic carbocycles. The van der Waals surface area contributed by atoms with Gasteiger partial charge in [0, 0.05) is 11.0 Å². The number of halogens is 2. The van der Waals surface area contributed by atoms with Crippen LogP contribution < -0.4 is 11.5 Å². The number of aliphatic imine (C=N–C) groups is 2. The Morgan fingerprint density at radius 3 is 1.76 bits per heavy atom. The van der Waals surface area contributed by atoms with Crippen molar-refractivity contribution in [1.82, 2.24) is 0 Å². The summed E-state index contributed by atoms with van der Waals surface area (Å²) in [6.45, 7) is 2.10. The van der Waals surface area contributed by atoms with E-state index in [2.05, 4.69) is 16.9 Å². The number of thioether (sulfide) groups is 2. The summed E-state index contributed by atoms with van der Waals surface area (Å²) in [5.41, 5.74) is 13.7. The zero-order valence-corrected chi connectivity index (χ0v) is 18.8. The van der Waals surface area contributed by atoms with E-state index in [1.807, 2.05) is 60.7 Å². The summed E-state index contributed by atoms with van der Waals surface area (Å²) in [6, 6.07) is 19.4. The van der Waals surface area contributed by atoms with Gasteiger partial charge in [0.2, 0.25) is 0 Å². The summed E-state index contributed by atoms with van der Waals surface area (Å²) in [5.74, 6) is 0.817. The van der Waals surface area contributed by atoms with E-state index in [1.54, 1.807) is 0 Å². The van der Waals surface area contributed by atoms with Crippen LogP contribution >= 0.6 is 57.5 Å². The monoisotopic (exact) mass is 504 g/mol. The molecule has 2 rings (SSSR count). The maximum atomic E-state index is 5.98. The Labute approximate surface area is 178 Å². The Bertz CT molecular complexity index is 667. The molecule has 136 valence electrons. The first-order chi connectivity index (χ1) is 11.1. The Morgan fingerprint density at radius 1 is 0.840 bits per heavy atom. The minimum atomic E-state index is 0. The molecule has 0 aromatic heterocycles. The van der Waals surface area contributed by atoms with Gasteiger partial charge in [-0.3, -0.25) is 0 Å². The average molecular weight is 506 g/mol. The van der Waals surface area contributed by atoms with Gasteiger partial charge < -0.3 is 11.5 Å². The van der Waals surface area contributed by atoms with Gasteiger partial charge >= 0.3 is 0 Å². The van der Waals surface area contributed by atoms with Gasteiger partial charge in [0.15, 0.2) is 10.3 Å². The topological polar surface area (TPSA) is 76.8 Å². The zero-order chi connectivity index (χ0) is 16.5. The quantitative estimate of drug-likeness (QED) is 0.427. The molecule has 0 aliphatic rings. The van der Waals surface area contributed by atoms with Crippen molar-refractivity contribution >= 4 is 79.2 Å². The molecule has 0 spiro atoms. The molecule has 2 aromatic rings. The molecule has 8 heteroatoms. The van der Waals surface area contributed by atoms with Crippen molar-refractivity contribution in [3.8, 4) is 0 Å². The second-order valence-corrected chi connectivity index (χ2v) is 7.31. The normalized spacial score (nSPS) is 12.7. The van der Waals surface area contributed by atoms with E-state index in [0.29, 0.717) is 10.3 Å². The molecule has 1 atom stereocenters. The smallest absolute Gasteiger partial charge is 0.159 e. The maximum Gasteiger partial charge on any atom is 0.159 e.